The molecule has 0 aromatic rings. The molecule has 0 unspecified atom stereocenters. The Morgan fingerprint density at radius 1 is 1.44 bits per heavy atom. The van der Waals surface area contributed by atoms with Crippen molar-refractivity contribution in [2.24, 2.45) is 17.8 Å². The second kappa shape index (κ2) is 2.72. The van der Waals surface area contributed by atoms with Crippen molar-refractivity contribution in [3.63, 3.8) is 0 Å². The maximum absolute atomic E-state index is 2.49. The second-order valence-electron chi connectivity index (χ2n) is 3.43. The third-order valence-corrected chi connectivity index (χ3v) is 2.57. The third-order valence-electron chi connectivity index (χ3n) is 2.57. The van der Waals surface area contributed by atoms with E-state index in [2.05, 4.69) is 27.2 Å². The second-order valence-corrected chi connectivity index (χ2v) is 3.43. The topological polar surface area (TPSA) is 0 Å². The molecule has 0 aromatic carbocycles. The molecule has 1 radical (unpaired) electrons. The summed E-state index contributed by atoms with van der Waals surface area (Å²) in [6.45, 7) is 6.97. The molecule has 1 fully saturated rings. The van der Waals surface area contributed by atoms with Gasteiger partial charge in [0.05, 0.1) is 0 Å². The zero-order valence-corrected chi connectivity index (χ0v) is 6.72. The first-order valence-corrected chi connectivity index (χ1v) is 4.09. The van der Waals surface area contributed by atoms with Gasteiger partial charge in [0, 0.05) is 0 Å². The lowest BCUT2D eigenvalue weighted by atomic mass is 9.96. The summed E-state index contributed by atoms with van der Waals surface area (Å²) in [6, 6.07) is 0. The Bertz CT molecular complexity index is 86.0. The van der Waals surface area contributed by atoms with Crippen LogP contribution in [0.2, 0.25) is 0 Å². The van der Waals surface area contributed by atoms with Crippen LogP contribution in [-0.2, 0) is 0 Å². The minimum atomic E-state index is 0.880. The lowest BCUT2D eigenvalue weighted by Crippen LogP contribution is -2.00. The van der Waals surface area contributed by atoms with Crippen molar-refractivity contribution in [3.05, 3.63) is 6.42 Å². The lowest BCUT2D eigenvalue weighted by Gasteiger charge is -2.10. The van der Waals surface area contributed by atoms with Gasteiger partial charge in [0.2, 0.25) is 0 Å². The standard InChI is InChI=1S/C9H17/c1-4-9-6-7(2)5-8(9)3/h5,7-9H,4,6H2,1-3H3/t7-,8+,9-/m0/s1. The molecule has 0 heterocycles. The molecule has 0 aromatic heterocycles. The molecule has 53 valence electrons. The molecule has 1 rings (SSSR count). The Hall–Kier alpha value is 0. The molecule has 0 N–H and O–H groups in total. The predicted octanol–water partition coefficient (Wildman–Crippen LogP) is 2.89. The summed E-state index contributed by atoms with van der Waals surface area (Å²) in [4.78, 5) is 0. The van der Waals surface area contributed by atoms with Crippen molar-refractivity contribution in [1.29, 1.82) is 0 Å². The van der Waals surface area contributed by atoms with E-state index in [-0.39, 0.29) is 0 Å². The van der Waals surface area contributed by atoms with Crippen LogP contribution < -0.4 is 0 Å². The summed E-state index contributed by atoms with van der Waals surface area (Å²) in [5, 5.41) is 0. The summed E-state index contributed by atoms with van der Waals surface area (Å²) in [6.07, 6.45) is 5.29. The fourth-order valence-corrected chi connectivity index (χ4v) is 1.98. The molecule has 1 aliphatic carbocycles. The van der Waals surface area contributed by atoms with E-state index < -0.39 is 0 Å². The molecule has 0 aliphatic heterocycles. The van der Waals surface area contributed by atoms with Crippen molar-refractivity contribution in [2.45, 2.75) is 33.6 Å². The third kappa shape index (κ3) is 1.47. The van der Waals surface area contributed by atoms with Crippen LogP contribution in [0.3, 0.4) is 0 Å². The first-order chi connectivity index (χ1) is 4.24. The Morgan fingerprint density at radius 2 is 2.11 bits per heavy atom. The Balaban J connectivity index is 2.38. The average Bonchev–Trinajstić information content (AvgIpc) is 2.10. The molecule has 0 nitrogen and oxygen atoms in total. The summed E-state index contributed by atoms with van der Waals surface area (Å²) >= 11 is 0. The van der Waals surface area contributed by atoms with Gasteiger partial charge in [-0.15, -0.1) is 0 Å². The maximum Gasteiger partial charge on any atom is -0.0326 e. The smallest absolute Gasteiger partial charge is 0.0326 e. The first-order valence-electron chi connectivity index (χ1n) is 4.09. The Morgan fingerprint density at radius 3 is 2.33 bits per heavy atom. The summed E-state index contributed by atoms with van der Waals surface area (Å²) in [5.74, 6) is 2.75. The van der Waals surface area contributed by atoms with Crippen LogP contribution >= 0.6 is 0 Å². The van der Waals surface area contributed by atoms with Gasteiger partial charge in [0.25, 0.3) is 0 Å². The van der Waals surface area contributed by atoms with Gasteiger partial charge in [-0.3, -0.25) is 0 Å². The SMILES string of the molecule is CC[C@H]1C[C@@H](C)[CH][C@H]1C. The fraction of sp³-hybridized carbons (Fsp3) is 0.889. The van der Waals surface area contributed by atoms with Crippen LogP contribution in [0.1, 0.15) is 33.6 Å². The molecule has 0 bridgehead atoms. The van der Waals surface area contributed by atoms with Crippen LogP contribution in [0.5, 0.6) is 0 Å². The Kier molecular flexibility index (Phi) is 2.15. The van der Waals surface area contributed by atoms with Crippen LogP contribution in [0.4, 0.5) is 0 Å². The molecule has 0 heteroatoms. The molecule has 3 atom stereocenters. The highest BCUT2D eigenvalue weighted by molar-refractivity contribution is 4.91. The highest BCUT2D eigenvalue weighted by atomic mass is 14.3. The monoisotopic (exact) mass is 125 g/mol. The van der Waals surface area contributed by atoms with Crippen LogP contribution in [0.25, 0.3) is 0 Å². The zero-order chi connectivity index (χ0) is 6.85. The molecule has 9 heavy (non-hydrogen) atoms. The van der Waals surface area contributed by atoms with Crippen molar-refractivity contribution in [1.82, 2.24) is 0 Å². The largest absolute Gasteiger partial charge is 0.0651 e. The van der Waals surface area contributed by atoms with Crippen molar-refractivity contribution < 1.29 is 0 Å². The zero-order valence-electron chi connectivity index (χ0n) is 6.72. The summed E-state index contributed by atoms with van der Waals surface area (Å²) in [5.41, 5.74) is 0. The fourth-order valence-electron chi connectivity index (χ4n) is 1.98. The molecule has 0 spiro atoms. The van der Waals surface area contributed by atoms with Gasteiger partial charge in [-0.25, -0.2) is 0 Å². The predicted molar refractivity (Wildman–Crippen MR) is 41.0 cm³/mol. The van der Waals surface area contributed by atoms with E-state index in [1.54, 1.807) is 0 Å². The van der Waals surface area contributed by atoms with Gasteiger partial charge in [-0.05, 0) is 30.6 Å². The first kappa shape index (κ1) is 7.11. The van der Waals surface area contributed by atoms with E-state index in [0.717, 1.165) is 17.8 Å². The minimum absolute atomic E-state index is 0.880. The molecule has 0 saturated heterocycles. The summed E-state index contributed by atoms with van der Waals surface area (Å²) in [7, 11) is 0. The van der Waals surface area contributed by atoms with Crippen molar-refractivity contribution in [3.8, 4) is 0 Å². The number of hydrogen-bond acceptors (Lipinski definition) is 0. The van der Waals surface area contributed by atoms with Crippen molar-refractivity contribution >= 4 is 0 Å². The highest BCUT2D eigenvalue weighted by Crippen LogP contribution is 2.36. The maximum atomic E-state index is 2.49. The van der Waals surface area contributed by atoms with E-state index in [1.807, 2.05) is 0 Å². The molecular formula is C9H17. The van der Waals surface area contributed by atoms with E-state index in [4.69, 9.17) is 0 Å². The molecule has 0 amide bonds. The van der Waals surface area contributed by atoms with Gasteiger partial charge >= 0.3 is 0 Å². The van der Waals surface area contributed by atoms with E-state index >= 15 is 0 Å². The average molecular weight is 125 g/mol. The van der Waals surface area contributed by atoms with Gasteiger partial charge in [-0.2, -0.15) is 0 Å². The van der Waals surface area contributed by atoms with Crippen LogP contribution in [-0.4, -0.2) is 0 Å². The van der Waals surface area contributed by atoms with Gasteiger partial charge in [-0.1, -0.05) is 27.2 Å². The van der Waals surface area contributed by atoms with Crippen molar-refractivity contribution in [2.75, 3.05) is 0 Å². The van der Waals surface area contributed by atoms with E-state index in [9.17, 15) is 0 Å². The van der Waals surface area contributed by atoms with Crippen LogP contribution in [0, 0.1) is 24.2 Å². The normalized spacial score (nSPS) is 43.7. The minimum Gasteiger partial charge on any atom is -0.0651 e. The quantitative estimate of drug-likeness (QED) is 0.505. The summed E-state index contributed by atoms with van der Waals surface area (Å²) < 4.78 is 0. The Labute approximate surface area is 58.7 Å². The number of rotatable bonds is 1. The van der Waals surface area contributed by atoms with Crippen LogP contribution in [0.15, 0.2) is 0 Å². The van der Waals surface area contributed by atoms with E-state index in [0.29, 0.717) is 0 Å². The van der Waals surface area contributed by atoms with Gasteiger partial charge in [0.1, 0.15) is 0 Å². The van der Waals surface area contributed by atoms with Gasteiger partial charge in [0.15, 0.2) is 0 Å². The molecule has 1 aliphatic rings. The van der Waals surface area contributed by atoms with Gasteiger partial charge < -0.3 is 0 Å². The van der Waals surface area contributed by atoms with E-state index in [1.165, 1.54) is 12.8 Å². The molecule has 1 saturated carbocycles. The lowest BCUT2D eigenvalue weighted by molar-refractivity contribution is 0.423. The molecular weight excluding hydrogens is 108 g/mol. The highest BCUT2D eigenvalue weighted by Gasteiger charge is 2.26. The number of hydrogen-bond donors (Lipinski definition) is 0.